The lowest BCUT2D eigenvalue weighted by atomic mass is 10.1. The molecule has 1 unspecified atom stereocenters. The number of alkyl halides is 1. The highest BCUT2D eigenvalue weighted by molar-refractivity contribution is 5.22. The van der Waals surface area contributed by atoms with Crippen LogP contribution in [-0.2, 0) is 0 Å². The van der Waals surface area contributed by atoms with Gasteiger partial charge in [-0.15, -0.1) is 0 Å². The summed E-state index contributed by atoms with van der Waals surface area (Å²) in [5.74, 6) is -0.0989. The van der Waals surface area contributed by atoms with E-state index in [1.165, 1.54) is 25.1 Å². The monoisotopic (exact) mass is 201 g/mol. The van der Waals surface area contributed by atoms with Crippen LogP contribution in [0.25, 0.3) is 0 Å². The molecule has 0 heterocycles. The number of rotatable bonds is 4. The first-order chi connectivity index (χ1) is 6.53. The van der Waals surface area contributed by atoms with Crippen LogP contribution in [0, 0.1) is 5.82 Å². The van der Waals surface area contributed by atoms with Gasteiger partial charge < -0.3 is 10.5 Å². The van der Waals surface area contributed by atoms with E-state index < -0.39 is 11.5 Å². The number of benzene rings is 1. The predicted molar refractivity (Wildman–Crippen MR) is 50.5 cm³/mol. The number of halogens is 2. The molecule has 0 radical (unpaired) electrons. The Balaban J connectivity index is 2.54. The maximum atomic E-state index is 13.3. The molecule has 1 rings (SSSR count). The topological polar surface area (TPSA) is 35.2 Å². The molecule has 2 N–H and O–H groups in total. The lowest BCUT2D eigenvalue weighted by Crippen LogP contribution is -2.35. The molecule has 0 spiro atoms. The molecular weight excluding hydrogens is 188 g/mol. The molecule has 0 aliphatic rings. The Morgan fingerprint density at radius 1 is 1.50 bits per heavy atom. The highest BCUT2D eigenvalue weighted by Crippen LogP contribution is 2.15. The molecule has 78 valence electrons. The zero-order valence-electron chi connectivity index (χ0n) is 7.97. The normalized spacial score (nSPS) is 14.9. The fourth-order valence-corrected chi connectivity index (χ4v) is 0.850. The highest BCUT2D eigenvalue weighted by atomic mass is 19.1. The molecule has 14 heavy (non-hydrogen) atoms. The van der Waals surface area contributed by atoms with E-state index in [9.17, 15) is 8.78 Å². The summed E-state index contributed by atoms with van der Waals surface area (Å²) >= 11 is 0. The van der Waals surface area contributed by atoms with Crippen LogP contribution in [-0.4, -0.2) is 18.8 Å². The van der Waals surface area contributed by atoms with Crippen molar-refractivity contribution in [2.45, 2.75) is 12.6 Å². The smallest absolute Gasteiger partial charge is 0.154 e. The largest absolute Gasteiger partial charge is 0.490 e. The molecule has 1 aromatic rings. The third-order valence-electron chi connectivity index (χ3n) is 1.76. The number of ether oxygens (including phenoxy) is 1. The van der Waals surface area contributed by atoms with Crippen molar-refractivity contribution in [2.24, 2.45) is 5.73 Å². The van der Waals surface area contributed by atoms with Crippen LogP contribution >= 0.6 is 0 Å². The minimum absolute atomic E-state index is 0.123. The Hall–Kier alpha value is -1.16. The summed E-state index contributed by atoms with van der Waals surface area (Å²) in [6, 6.07) is 5.56. The van der Waals surface area contributed by atoms with Crippen LogP contribution in [0.5, 0.6) is 5.75 Å². The lowest BCUT2D eigenvalue weighted by molar-refractivity contribution is 0.110. The van der Waals surface area contributed by atoms with Gasteiger partial charge in [-0.25, -0.2) is 8.78 Å². The number of nitrogens with two attached hydrogens (primary N) is 1. The Kier molecular flexibility index (Phi) is 3.41. The van der Waals surface area contributed by atoms with Gasteiger partial charge in [0.15, 0.2) is 5.67 Å². The maximum absolute atomic E-state index is 13.3. The van der Waals surface area contributed by atoms with Gasteiger partial charge in [-0.05, 0) is 19.1 Å². The van der Waals surface area contributed by atoms with Gasteiger partial charge in [0.1, 0.15) is 18.2 Å². The van der Waals surface area contributed by atoms with Crippen molar-refractivity contribution >= 4 is 0 Å². The first-order valence-corrected chi connectivity index (χ1v) is 4.31. The van der Waals surface area contributed by atoms with Gasteiger partial charge in [0.05, 0.1) is 0 Å². The van der Waals surface area contributed by atoms with Crippen LogP contribution in [0.1, 0.15) is 6.92 Å². The molecule has 0 aliphatic carbocycles. The summed E-state index contributed by atoms with van der Waals surface area (Å²) in [6.45, 7) is 1.04. The number of hydrogen-bond donors (Lipinski definition) is 1. The predicted octanol–water partition coefficient (Wildman–Crippen LogP) is 1.89. The van der Waals surface area contributed by atoms with Crippen LogP contribution < -0.4 is 10.5 Å². The Labute approximate surface area is 81.7 Å². The van der Waals surface area contributed by atoms with Crippen molar-refractivity contribution in [3.05, 3.63) is 30.1 Å². The van der Waals surface area contributed by atoms with Gasteiger partial charge in [0.2, 0.25) is 0 Å². The standard InChI is InChI=1S/C10H13F2NO/c1-10(12,6-13)7-14-9-4-2-3-8(11)5-9/h2-5H,6-7,13H2,1H3. The van der Waals surface area contributed by atoms with Gasteiger partial charge in [0.25, 0.3) is 0 Å². The van der Waals surface area contributed by atoms with Gasteiger partial charge in [-0.2, -0.15) is 0 Å². The summed E-state index contributed by atoms with van der Waals surface area (Å²) in [5, 5.41) is 0. The van der Waals surface area contributed by atoms with Crippen LogP contribution in [0.2, 0.25) is 0 Å². The second-order valence-electron chi connectivity index (χ2n) is 3.36. The zero-order valence-corrected chi connectivity index (χ0v) is 7.97. The average Bonchev–Trinajstić information content (AvgIpc) is 2.15. The van der Waals surface area contributed by atoms with E-state index in [4.69, 9.17) is 10.5 Å². The van der Waals surface area contributed by atoms with E-state index in [1.54, 1.807) is 6.07 Å². The van der Waals surface area contributed by atoms with Gasteiger partial charge >= 0.3 is 0 Å². The molecule has 0 amide bonds. The molecule has 0 saturated heterocycles. The maximum Gasteiger partial charge on any atom is 0.154 e. The molecule has 1 atom stereocenters. The average molecular weight is 201 g/mol. The minimum Gasteiger partial charge on any atom is -0.490 e. The van der Waals surface area contributed by atoms with Gasteiger partial charge in [-0.3, -0.25) is 0 Å². The van der Waals surface area contributed by atoms with E-state index >= 15 is 0 Å². The third kappa shape index (κ3) is 3.30. The summed E-state index contributed by atoms with van der Waals surface area (Å²) in [7, 11) is 0. The van der Waals surface area contributed by atoms with Gasteiger partial charge in [0, 0.05) is 12.6 Å². The van der Waals surface area contributed by atoms with E-state index in [-0.39, 0.29) is 13.2 Å². The molecule has 4 heteroatoms. The Morgan fingerprint density at radius 3 is 2.79 bits per heavy atom. The Bertz CT molecular complexity index is 302. The van der Waals surface area contributed by atoms with Crippen LogP contribution in [0.3, 0.4) is 0 Å². The molecular formula is C10H13F2NO. The second kappa shape index (κ2) is 4.37. The second-order valence-corrected chi connectivity index (χ2v) is 3.36. The van der Waals surface area contributed by atoms with E-state index in [2.05, 4.69) is 0 Å². The van der Waals surface area contributed by atoms with Crippen molar-refractivity contribution in [1.82, 2.24) is 0 Å². The van der Waals surface area contributed by atoms with E-state index in [0.29, 0.717) is 5.75 Å². The van der Waals surface area contributed by atoms with Crippen LogP contribution in [0.15, 0.2) is 24.3 Å². The number of hydrogen-bond acceptors (Lipinski definition) is 2. The van der Waals surface area contributed by atoms with Crippen molar-refractivity contribution < 1.29 is 13.5 Å². The van der Waals surface area contributed by atoms with Gasteiger partial charge in [-0.1, -0.05) is 6.07 Å². The molecule has 0 saturated carbocycles. The summed E-state index contributed by atoms with van der Waals surface area (Å²) in [5.41, 5.74) is 3.59. The minimum atomic E-state index is -1.58. The van der Waals surface area contributed by atoms with Crippen molar-refractivity contribution in [3.63, 3.8) is 0 Å². The summed E-state index contributed by atoms with van der Waals surface area (Å²) in [4.78, 5) is 0. The molecule has 0 fully saturated rings. The summed E-state index contributed by atoms with van der Waals surface area (Å²) in [6.07, 6.45) is 0. The Morgan fingerprint density at radius 2 is 2.21 bits per heavy atom. The zero-order chi connectivity index (χ0) is 10.6. The molecule has 2 nitrogen and oxygen atoms in total. The van der Waals surface area contributed by atoms with Crippen LogP contribution in [0.4, 0.5) is 8.78 Å². The molecule has 0 aliphatic heterocycles. The highest BCUT2D eigenvalue weighted by Gasteiger charge is 2.21. The lowest BCUT2D eigenvalue weighted by Gasteiger charge is -2.18. The third-order valence-corrected chi connectivity index (χ3v) is 1.76. The fourth-order valence-electron chi connectivity index (χ4n) is 0.850. The first-order valence-electron chi connectivity index (χ1n) is 4.31. The first kappa shape index (κ1) is 10.9. The van der Waals surface area contributed by atoms with Crippen molar-refractivity contribution in [2.75, 3.05) is 13.2 Å². The molecule has 1 aromatic carbocycles. The molecule has 0 bridgehead atoms. The van der Waals surface area contributed by atoms with Crippen molar-refractivity contribution in [1.29, 1.82) is 0 Å². The van der Waals surface area contributed by atoms with E-state index in [0.717, 1.165) is 0 Å². The summed E-state index contributed by atoms with van der Waals surface area (Å²) < 4.78 is 31.0. The quantitative estimate of drug-likeness (QED) is 0.807. The fraction of sp³-hybridized carbons (Fsp3) is 0.400. The van der Waals surface area contributed by atoms with Crippen molar-refractivity contribution in [3.8, 4) is 5.75 Å². The van der Waals surface area contributed by atoms with E-state index in [1.807, 2.05) is 0 Å². The SMILES string of the molecule is CC(F)(CN)COc1cccc(F)c1. The molecule has 0 aromatic heterocycles.